The predicted octanol–water partition coefficient (Wildman–Crippen LogP) is 2.53. The standard InChI is InChI=1S/C20H24N2O5S/c1-3-15-4-5-16(20(23)21-17-6-8-18(26-2)9-7-17)14-19(15)28(24,25)22-10-12-27-13-11-22/h4-9,14H,3,10-13H2,1-2H3,(H,21,23). The van der Waals surface area contributed by atoms with Crippen LogP contribution in [0.1, 0.15) is 22.8 Å². The molecule has 1 heterocycles. The van der Waals surface area contributed by atoms with Gasteiger partial charge in [0.25, 0.3) is 5.91 Å². The third kappa shape index (κ3) is 4.35. The number of nitrogens with one attached hydrogen (secondary N) is 1. The molecule has 0 bridgehead atoms. The summed E-state index contributed by atoms with van der Waals surface area (Å²) in [4.78, 5) is 12.8. The number of aryl methyl sites for hydroxylation is 1. The number of anilines is 1. The number of benzene rings is 2. The van der Waals surface area contributed by atoms with Crippen LogP contribution in [0, 0.1) is 0 Å². The maximum atomic E-state index is 13.1. The second kappa shape index (κ2) is 8.72. The lowest BCUT2D eigenvalue weighted by molar-refractivity contribution is 0.0730. The first-order valence-electron chi connectivity index (χ1n) is 9.12. The Labute approximate surface area is 165 Å². The molecule has 1 fully saturated rings. The summed E-state index contributed by atoms with van der Waals surface area (Å²) in [6, 6.07) is 11.7. The highest BCUT2D eigenvalue weighted by molar-refractivity contribution is 7.89. The normalized spacial score (nSPS) is 15.2. The Hall–Kier alpha value is -2.42. The zero-order chi connectivity index (χ0) is 20.1. The number of ether oxygens (including phenoxy) is 2. The largest absolute Gasteiger partial charge is 0.497 e. The number of methoxy groups -OCH3 is 1. The number of hydrogen-bond acceptors (Lipinski definition) is 5. The van der Waals surface area contributed by atoms with Crippen molar-refractivity contribution in [3.63, 3.8) is 0 Å². The van der Waals surface area contributed by atoms with Crippen LogP contribution in [0.4, 0.5) is 5.69 Å². The summed E-state index contributed by atoms with van der Waals surface area (Å²) in [6.45, 7) is 3.27. The average Bonchev–Trinajstić information content (AvgIpc) is 2.74. The first kappa shape index (κ1) is 20.3. The van der Waals surface area contributed by atoms with E-state index in [2.05, 4.69) is 5.32 Å². The highest BCUT2D eigenvalue weighted by Gasteiger charge is 2.29. The highest BCUT2D eigenvalue weighted by Crippen LogP contribution is 2.24. The van der Waals surface area contributed by atoms with Crippen LogP contribution in [0.2, 0.25) is 0 Å². The van der Waals surface area contributed by atoms with Crippen LogP contribution in [0.5, 0.6) is 5.75 Å². The molecule has 150 valence electrons. The Bertz CT molecular complexity index is 936. The predicted molar refractivity (Wildman–Crippen MR) is 106 cm³/mol. The molecule has 1 N–H and O–H groups in total. The summed E-state index contributed by atoms with van der Waals surface area (Å²) in [5.41, 5.74) is 1.58. The molecular formula is C20H24N2O5S. The van der Waals surface area contributed by atoms with Crippen LogP contribution in [0.3, 0.4) is 0 Å². The van der Waals surface area contributed by atoms with E-state index in [-0.39, 0.29) is 10.8 Å². The van der Waals surface area contributed by atoms with Crippen LogP contribution >= 0.6 is 0 Å². The molecule has 0 spiro atoms. The lowest BCUT2D eigenvalue weighted by Crippen LogP contribution is -2.41. The van der Waals surface area contributed by atoms with E-state index < -0.39 is 10.0 Å². The first-order valence-corrected chi connectivity index (χ1v) is 10.6. The Morgan fingerprint density at radius 2 is 1.82 bits per heavy atom. The van der Waals surface area contributed by atoms with Gasteiger partial charge in [-0.1, -0.05) is 13.0 Å². The average molecular weight is 404 g/mol. The molecule has 0 atom stereocenters. The minimum atomic E-state index is -3.69. The zero-order valence-corrected chi connectivity index (χ0v) is 16.8. The van der Waals surface area contributed by atoms with E-state index in [4.69, 9.17) is 9.47 Å². The molecule has 0 unspecified atom stereocenters. The molecule has 0 saturated carbocycles. The summed E-state index contributed by atoms with van der Waals surface area (Å²) in [5.74, 6) is 0.315. The van der Waals surface area contributed by atoms with Crippen LogP contribution < -0.4 is 10.1 Å². The van der Waals surface area contributed by atoms with Crippen molar-refractivity contribution >= 4 is 21.6 Å². The SMILES string of the molecule is CCc1ccc(C(=O)Nc2ccc(OC)cc2)cc1S(=O)(=O)N1CCOCC1. The van der Waals surface area contributed by atoms with Gasteiger partial charge in [-0.05, 0) is 48.4 Å². The van der Waals surface area contributed by atoms with Gasteiger partial charge < -0.3 is 14.8 Å². The van der Waals surface area contributed by atoms with E-state index in [0.29, 0.717) is 55.3 Å². The molecule has 1 aliphatic heterocycles. The van der Waals surface area contributed by atoms with Crippen LogP contribution in [-0.2, 0) is 21.2 Å². The molecule has 7 nitrogen and oxygen atoms in total. The fourth-order valence-corrected chi connectivity index (χ4v) is 4.76. The topological polar surface area (TPSA) is 84.9 Å². The summed E-state index contributed by atoms with van der Waals surface area (Å²) < 4.78 is 38.0. The fourth-order valence-electron chi connectivity index (χ4n) is 3.03. The molecule has 1 saturated heterocycles. The molecular weight excluding hydrogens is 380 g/mol. The number of nitrogens with zero attached hydrogens (tertiary/aromatic N) is 1. The molecule has 2 aromatic rings. The Kier molecular flexibility index (Phi) is 6.33. The zero-order valence-electron chi connectivity index (χ0n) is 16.0. The van der Waals surface area contributed by atoms with Gasteiger partial charge in [0.15, 0.2) is 0 Å². The van der Waals surface area contributed by atoms with Gasteiger partial charge in [-0.2, -0.15) is 4.31 Å². The van der Waals surface area contributed by atoms with Crippen molar-refractivity contribution in [2.24, 2.45) is 0 Å². The minimum Gasteiger partial charge on any atom is -0.497 e. The van der Waals surface area contributed by atoms with Gasteiger partial charge in [-0.3, -0.25) is 4.79 Å². The second-order valence-electron chi connectivity index (χ2n) is 6.38. The number of carbonyl (C=O) groups is 1. The quantitative estimate of drug-likeness (QED) is 0.800. The number of morpholine rings is 1. The Morgan fingerprint density at radius 3 is 2.43 bits per heavy atom. The van der Waals surface area contributed by atoms with Crippen molar-refractivity contribution in [1.82, 2.24) is 4.31 Å². The van der Waals surface area contributed by atoms with Crippen molar-refractivity contribution in [3.05, 3.63) is 53.6 Å². The highest BCUT2D eigenvalue weighted by atomic mass is 32.2. The molecule has 28 heavy (non-hydrogen) atoms. The van der Waals surface area contributed by atoms with Gasteiger partial charge in [0.1, 0.15) is 5.75 Å². The van der Waals surface area contributed by atoms with E-state index in [0.717, 1.165) is 0 Å². The summed E-state index contributed by atoms with van der Waals surface area (Å²) >= 11 is 0. The number of carbonyl (C=O) groups excluding carboxylic acids is 1. The van der Waals surface area contributed by atoms with E-state index in [1.165, 1.54) is 10.4 Å². The minimum absolute atomic E-state index is 0.180. The monoisotopic (exact) mass is 404 g/mol. The molecule has 8 heteroatoms. The second-order valence-corrected chi connectivity index (χ2v) is 8.28. The van der Waals surface area contributed by atoms with Gasteiger partial charge in [-0.25, -0.2) is 8.42 Å². The molecule has 0 radical (unpaired) electrons. The maximum absolute atomic E-state index is 13.1. The molecule has 3 rings (SSSR count). The van der Waals surface area contributed by atoms with E-state index in [1.54, 1.807) is 43.5 Å². The molecule has 0 aromatic heterocycles. The van der Waals surface area contributed by atoms with Crippen LogP contribution in [-0.4, -0.2) is 52.0 Å². The van der Waals surface area contributed by atoms with Crippen LogP contribution in [0.25, 0.3) is 0 Å². The summed E-state index contributed by atoms with van der Waals surface area (Å²) in [6.07, 6.45) is 0.555. The smallest absolute Gasteiger partial charge is 0.255 e. The Balaban J connectivity index is 1.88. The lowest BCUT2D eigenvalue weighted by atomic mass is 10.1. The number of amides is 1. The molecule has 1 amide bonds. The number of hydrogen-bond donors (Lipinski definition) is 1. The van der Waals surface area contributed by atoms with E-state index in [9.17, 15) is 13.2 Å². The third-order valence-electron chi connectivity index (χ3n) is 4.65. The van der Waals surface area contributed by atoms with Crippen molar-refractivity contribution in [1.29, 1.82) is 0 Å². The number of rotatable bonds is 6. The Morgan fingerprint density at radius 1 is 1.14 bits per heavy atom. The third-order valence-corrected chi connectivity index (χ3v) is 6.63. The first-order chi connectivity index (χ1) is 13.5. The number of sulfonamides is 1. The van der Waals surface area contributed by atoms with E-state index in [1.807, 2.05) is 6.92 Å². The maximum Gasteiger partial charge on any atom is 0.255 e. The summed E-state index contributed by atoms with van der Waals surface area (Å²) in [7, 11) is -2.12. The van der Waals surface area contributed by atoms with Gasteiger partial charge in [0.05, 0.1) is 25.2 Å². The van der Waals surface area contributed by atoms with Gasteiger partial charge in [-0.15, -0.1) is 0 Å². The lowest BCUT2D eigenvalue weighted by Gasteiger charge is -2.27. The van der Waals surface area contributed by atoms with Gasteiger partial charge >= 0.3 is 0 Å². The summed E-state index contributed by atoms with van der Waals surface area (Å²) in [5, 5.41) is 2.78. The molecule has 0 aliphatic carbocycles. The van der Waals surface area contributed by atoms with Crippen molar-refractivity contribution in [2.45, 2.75) is 18.2 Å². The van der Waals surface area contributed by atoms with Crippen molar-refractivity contribution in [2.75, 3.05) is 38.7 Å². The van der Waals surface area contributed by atoms with Crippen molar-refractivity contribution < 1.29 is 22.7 Å². The van der Waals surface area contributed by atoms with Gasteiger partial charge in [0, 0.05) is 24.3 Å². The van der Waals surface area contributed by atoms with Crippen LogP contribution in [0.15, 0.2) is 47.4 Å². The molecule has 1 aliphatic rings. The fraction of sp³-hybridized carbons (Fsp3) is 0.350. The van der Waals surface area contributed by atoms with E-state index >= 15 is 0 Å². The molecule has 2 aromatic carbocycles. The van der Waals surface area contributed by atoms with Crippen molar-refractivity contribution in [3.8, 4) is 5.75 Å². The van der Waals surface area contributed by atoms with Gasteiger partial charge in [0.2, 0.25) is 10.0 Å².